The Balaban J connectivity index is 1.70. The van der Waals surface area contributed by atoms with E-state index in [2.05, 4.69) is 0 Å². The first-order valence-electron chi connectivity index (χ1n) is 9.47. The average molecular weight is 361 g/mol. The molecular formula is C20H28FN3O2. The molecule has 1 aromatic rings. The minimum Gasteiger partial charge on any atom is -0.336 e. The number of hydrogen-bond donors (Lipinski definition) is 0. The van der Waals surface area contributed by atoms with Crippen molar-refractivity contribution in [3.63, 3.8) is 0 Å². The Bertz CT molecular complexity index is 658. The highest BCUT2D eigenvalue weighted by Crippen LogP contribution is 2.26. The van der Waals surface area contributed by atoms with Crippen LogP contribution < -0.4 is 0 Å². The molecule has 0 bridgehead atoms. The maximum atomic E-state index is 13.6. The normalized spacial score (nSPS) is 20.5. The van der Waals surface area contributed by atoms with Gasteiger partial charge in [-0.15, -0.1) is 0 Å². The van der Waals surface area contributed by atoms with Crippen molar-refractivity contribution in [3.8, 4) is 0 Å². The van der Waals surface area contributed by atoms with Gasteiger partial charge in [0.1, 0.15) is 11.9 Å². The van der Waals surface area contributed by atoms with Gasteiger partial charge in [-0.05, 0) is 44.6 Å². The van der Waals surface area contributed by atoms with Crippen LogP contribution in [-0.4, -0.2) is 66.3 Å². The highest BCUT2D eigenvalue weighted by atomic mass is 19.1. The molecule has 142 valence electrons. The molecule has 1 saturated heterocycles. The third kappa shape index (κ3) is 4.06. The first-order chi connectivity index (χ1) is 12.5. The van der Waals surface area contributed by atoms with E-state index in [1.165, 1.54) is 31.4 Å². The summed E-state index contributed by atoms with van der Waals surface area (Å²) in [6.45, 7) is 1.26. The Kier molecular flexibility index (Phi) is 5.91. The standard InChI is InChI=1S/C20H28FN3O2/c1-22(2)19(15-7-6-8-16(21)13-15)20(26)23-11-12-24(18(25)14-23)17-9-4-3-5-10-17/h6-8,13,17,19H,3-5,9-12,14H2,1-2H3/t19-/m1/s1. The molecule has 1 atom stereocenters. The van der Waals surface area contributed by atoms with Gasteiger partial charge in [0.05, 0.1) is 6.54 Å². The molecule has 1 aliphatic carbocycles. The SMILES string of the molecule is CN(C)[C@@H](C(=O)N1CCN(C2CCCCC2)C(=O)C1)c1cccc(F)c1. The summed E-state index contributed by atoms with van der Waals surface area (Å²) < 4.78 is 13.6. The number of amides is 2. The van der Waals surface area contributed by atoms with Crippen molar-refractivity contribution in [1.82, 2.24) is 14.7 Å². The van der Waals surface area contributed by atoms with Crippen LogP contribution in [0.5, 0.6) is 0 Å². The van der Waals surface area contributed by atoms with Crippen LogP contribution in [-0.2, 0) is 9.59 Å². The monoisotopic (exact) mass is 361 g/mol. The van der Waals surface area contributed by atoms with Crippen molar-refractivity contribution < 1.29 is 14.0 Å². The van der Waals surface area contributed by atoms with Crippen LogP contribution >= 0.6 is 0 Å². The highest BCUT2D eigenvalue weighted by molar-refractivity contribution is 5.89. The molecule has 5 nitrogen and oxygen atoms in total. The topological polar surface area (TPSA) is 43.9 Å². The number of carbonyl (C=O) groups is 2. The molecule has 0 spiro atoms. The van der Waals surface area contributed by atoms with E-state index < -0.39 is 6.04 Å². The molecule has 26 heavy (non-hydrogen) atoms. The predicted octanol–water partition coefficient (Wildman–Crippen LogP) is 2.43. The molecule has 2 aliphatic rings. The van der Waals surface area contributed by atoms with Gasteiger partial charge in [0.25, 0.3) is 0 Å². The van der Waals surface area contributed by atoms with E-state index in [-0.39, 0.29) is 24.2 Å². The van der Waals surface area contributed by atoms with Gasteiger partial charge in [0.15, 0.2) is 0 Å². The van der Waals surface area contributed by atoms with Gasteiger partial charge < -0.3 is 9.80 Å². The fourth-order valence-corrected chi connectivity index (χ4v) is 4.16. The van der Waals surface area contributed by atoms with E-state index in [1.807, 2.05) is 4.90 Å². The molecular weight excluding hydrogens is 333 g/mol. The van der Waals surface area contributed by atoms with Crippen molar-refractivity contribution >= 4 is 11.8 Å². The summed E-state index contributed by atoms with van der Waals surface area (Å²) in [5.74, 6) is -0.467. The zero-order valence-electron chi connectivity index (χ0n) is 15.7. The predicted molar refractivity (Wildman–Crippen MR) is 98.0 cm³/mol. The van der Waals surface area contributed by atoms with Gasteiger partial charge in [0, 0.05) is 19.1 Å². The number of carbonyl (C=O) groups excluding carboxylic acids is 2. The lowest BCUT2D eigenvalue weighted by atomic mass is 9.93. The van der Waals surface area contributed by atoms with E-state index in [4.69, 9.17) is 0 Å². The number of likely N-dealkylation sites (N-methyl/N-ethyl adjacent to an activating group) is 1. The number of nitrogens with zero attached hydrogens (tertiary/aromatic N) is 3. The Morgan fingerprint density at radius 2 is 1.92 bits per heavy atom. The van der Waals surface area contributed by atoms with Crippen LogP contribution in [0.3, 0.4) is 0 Å². The third-order valence-corrected chi connectivity index (χ3v) is 5.50. The molecule has 2 fully saturated rings. The Labute approximate surface area is 154 Å². The van der Waals surface area contributed by atoms with Crippen molar-refractivity contribution in [1.29, 1.82) is 0 Å². The molecule has 0 N–H and O–H groups in total. The Morgan fingerprint density at radius 3 is 2.54 bits per heavy atom. The zero-order valence-corrected chi connectivity index (χ0v) is 15.7. The summed E-state index contributed by atoms with van der Waals surface area (Å²) in [7, 11) is 3.60. The van der Waals surface area contributed by atoms with E-state index in [1.54, 1.807) is 36.0 Å². The van der Waals surface area contributed by atoms with Gasteiger partial charge in [-0.1, -0.05) is 31.4 Å². The molecule has 1 saturated carbocycles. The fraction of sp³-hybridized carbons (Fsp3) is 0.600. The lowest BCUT2D eigenvalue weighted by Crippen LogP contribution is -2.57. The number of halogens is 1. The molecule has 2 amide bonds. The summed E-state index contributed by atoms with van der Waals surface area (Å²) in [6.07, 6.45) is 5.76. The fourth-order valence-electron chi connectivity index (χ4n) is 4.16. The molecule has 0 aromatic heterocycles. The van der Waals surface area contributed by atoms with Crippen LogP contribution in [0.1, 0.15) is 43.7 Å². The second kappa shape index (κ2) is 8.16. The first kappa shape index (κ1) is 18.8. The molecule has 6 heteroatoms. The highest BCUT2D eigenvalue weighted by Gasteiger charge is 2.35. The molecule has 0 unspecified atom stereocenters. The van der Waals surface area contributed by atoms with Gasteiger partial charge in [-0.25, -0.2) is 4.39 Å². The summed E-state index contributed by atoms with van der Waals surface area (Å²) >= 11 is 0. The van der Waals surface area contributed by atoms with Crippen molar-refractivity contribution in [2.24, 2.45) is 0 Å². The van der Waals surface area contributed by atoms with Crippen LogP contribution in [0.15, 0.2) is 24.3 Å². The van der Waals surface area contributed by atoms with Gasteiger partial charge in [-0.3, -0.25) is 14.5 Å². The van der Waals surface area contributed by atoms with Gasteiger partial charge in [-0.2, -0.15) is 0 Å². The Morgan fingerprint density at radius 1 is 1.19 bits per heavy atom. The van der Waals surface area contributed by atoms with E-state index >= 15 is 0 Å². The van der Waals surface area contributed by atoms with Crippen LogP contribution in [0.4, 0.5) is 4.39 Å². The molecule has 1 aliphatic heterocycles. The van der Waals surface area contributed by atoms with Crippen molar-refractivity contribution in [2.45, 2.75) is 44.2 Å². The van der Waals surface area contributed by atoms with E-state index in [9.17, 15) is 14.0 Å². The zero-order chi connectivity index (χ0) is 18.7. The number of piperazine rings is 1. The smallest absolute Gasteiger partial charge is 0.245 e. The van der Waals surface area contributed by atoms with Crippen molar-refractivity contribution in [2.75, 3.05) is 33.7 Å². The van der Waals surface area contributed by atoms with E-state index in [0.717, 1.165) is 12.8 Å². The van der Waals surface area contributed by atoms with Crippen molar-refractivity contribution in [3.05, 3.63) is 35.6 Å². The Hall–Kier alpha value is -1.95. The maximum absolute atomic E-state index is 13.6. The molecule has 1 aromatic carbocycles. The largest absolute Gasteiger partial charge is 0.336 e. The third-order valence-electron chi connectivity index (χ3n) is 5.50. The quantitative estimate of drug-likeness (QED) is 0.827. The molecule has 1 heterocycles. The minimum absolute atomic E-state index is 0.0354. The van der Waals surface area contributed by atoms with Gasteiger partial charge >= 0.3 is 0 Å². The molecule has 3 rings (SSSR count). The number of benzene rings is 1. The summed E-state index contributed by atoms with van der Waals surface area (Å²) in [5.41, 5.74) is 0.613. The summed E-state index contributed by atoms with van der Waals surface area (Å²) in [5, 5.41) is 0. The first-order valence-corrected chi connectivity index (χ1v) is 9.47. The van der Waals surface area contributed by atoms with Crippen LogP contribution in [0, 0.1) is 5.82 Å². The van der Waals surface area contributed by atoms with Crippen LogP contribution in [0.2, 0.25) is 0 Å². The number of hydrogen-bond acceptors (Lipinski definition) is 3. The van der Waals surface area contributed by atoms with Gasteiger partial charge in [0.2, 0.25) is 11.8 Å². The summed E-state index contributed by atoms with van der Waals surface area (Å²) in [6, 6.07) is 5.88. The minimum atomic E-state index is -0.584. The lowest BCUT2D eigenvalue weighted by Gasteiger charge is -2.41. The number of rotatable bonds is 4. The second-order valence-electron chi connectivity index (χ2n) is 7.56. The molecule has 0 radical (unpaired) electrons. The summed E-state index contributed by atoms with van der Waals surface area (Å²) in [4.78, 5) is 31.1. The average Bonchev–Trinajstić information content (AvgIpc) is 2.62. The van der Waals surface area contributed by atoms with E-state index in [0.29, 0.717) is 24.7 Å². The second-order valence-corrected chi connectivity index (χ2v) is 7.56. The maximum Gasteiger partial charge on any atom is 0.245 e. The van der Waals surface area contributed by atoms with Crippen LogP contribution in [0.25, 0.3) is 0 Å². The lowest BCUT2D eigenvalue weighted by molar-refractivity contribution is -0.150.